The molecule has 2 unspecified atom stereocenters. The SMILES string of the molecule is C=C(C)C1CC=C(C)CC1.C=C(C)C1CCC(C)(/C=C(\C)C2CC=C(C)CC2)CC1.C=C(C)C1CC[C+](C)CC1. The first-order valence-corrected chi connectivity index (χ1v) is 16.6. The summed E-state index contributed by atoms with van der Waals surface area (Å²) in [6.45, 7) is 30.2. The van der Waals surface area contributed by atoms with Gasteiger partial charge in [0, 0.05) is 0 Å². The standard InChI is InChI=1S/C20H32.C10H17.C10H16/c1-15(2)18-10-12-20(5,13-11-18)14-17(4)19-8-6-16(3)7-9-19;2*1-8(2)10-6-4-9(3)5-7-10/h6,14,18-19H,1,7-13H2,2-5H3;10H,1,4-7H2,2-3H3;4,10H,1,5-7H2,2-3H3/q;+1;/b17-14+;;. The average molecular weight is 546 g/mol. The lowest BCUT2D eigenvalue weighted by Gasteiger charge is -2.37. The fourth-order valence-electron chi connectivity index (χ4n) is 6.98. The summed E-state index contributed by atoms with van der Waals surface area (Å²) in [5, 5.41) is 0. The second-order valence-electron chi connectivity index (χ2n) is 14.6. The van der Waals surface area contributed by atoms with Crippen LogP contribution in [0.5, 0.6) is 0 Å². The van der Waals surface area contributed by atoms with E-state index >= 15 is 0 Å². The van der Waals surface area contributed by atoms with E-state index in [1.807, 2.05) is 0 Å². The van der Waals surface area contributed by atoms with Gasteiger partial charge < -0.3 is 0 Å². The van der Waals surface area contributed by atoms with E-state index in [0.717, 1.165) is 23.7 Å². The van der Waals surface area contributed by atoms with Crippen LogP contribution in [0.4, 0.5) is 0 Å². The second-order valence-corrected chi connectivity index (χ2v) is 14.6. The van der Waals surface area contributed by atoms with Crippen LogP contribution >= 0.6 is 0 Å². The lowest BCUT2D eigenvalue weighted by molar-refractivity contribution is 0.240. The van der Waals surface area contributed by atoms with Gasteiger partial charge in [-0.05, 0) is 148 Å². The maximum atomic E-state index is 4.15. The highest BCUT2D eigenvalue weighted by atomic mass is 14.4. The molecule has 2 fully saturated rings. The van der Waals surface area contributed by atoms with Gasteiger partial charge in [-0.3, -0.25) is 0 Å². The van der Waals surface area contributed by atoms with Gasteiger partial charge in [-0.25, -0.2) is 0 Å². The van der Waals surface area contributed by atoms with Crippen LogP contribution in [0.25, 0.3) is 0 Å². The summed E-state index contributed by atoms with van der Waals surface area (Å²) < 4.78 is 0. The summed E-state index contributed by atoms with van der Waals surface area (Å²) >= 11 is 0. The van der Waals surface area contributed by atoms with Crippen LogP contribution in [0.3, 0.4) is 0 Å². The summed E-state index contributed by atoms with van der Waals surface area (Å²) in [5.74, 6) is 4.84. The van der Waals surface area contributed by atoms with Gasteiger partial charge >= 0.3 is 0 Å². The van der Waals surface area contributed by atoms with Crippen molar-refractivity contribution in [3.63, 3.8) is 0 Å². The summed E-state index contributed by atoms with van der Waals surface area (Å²) in [4.78, 5) is 0. The van der Waals surface area contributed by atoms with Gasteiger partial charge in [-0.1, -0.05) is 78.3 Å². The molecule has 0 heteroatoms. The molecule has 0 N–H and O–H groups in total. The zero-order chi connectivity index (χ0) is 29.9. The van der Waals surface area contributed by atoms with Crippen LogP contribution in [0.2, 0.25) is 0 Å². The van der Waals surface area contributed by atoms with Crippen molar-refractivity contribution in [3.05, 3.63) is 77.3 Å². The molecule has 0 aliphatic heterocycles. The van der Waals surface area contributed by atoms with Gasteiger partial charge in [0.05, 0.1) is 25.7 Å². The van der Waals surface area contributed by atoms with E-state index in [1.165, 1.54) is 107 Å². The van der Waals surface area contributed by atoms with Crippen molar-refractivity contribution in [3.8, 4) is 0 Å². The first-order chi connectivity index (χ1) is 18.8. The Morgan fingerprint density at radius 2 is 1.12 bits per heavy atom. The third-order valence-corrected chi connectivity index (χ3v) is 10.6. The topological polar surface area (TPSA) is 0 Å². The Balaban J connectivity index is 0.000000235. The van der Waals surface area contributed by atoms with Crippen molar-refractivity contribution in [2.45, 2.75) is 145 Å². The summed E-state index contributed by atoms with van der Waals surface area (Å²) in [6, 6.07) is 0. The number of hydrogen-bond acceptors (Lipinski definition) is 0. The van der Waals surface area contributed by atoms with Gasteiger partial charge in [0.15, 0.2) is 0 Å². The highest BCUT2D eigenvalue weighted by molar-refractivity contribution is 5.17. The lowest BCUT2D eigenvalue weighted by atomic mass is 9.68. The molecule has 4 aliphatic carbocycles. The Hall–Kier alpha value is -1.69. The fraction of sp³-hybridized carbons (Fsp3) is 0.675. The Morgan fingerprint density at radius 1 is 0.700 bits per heavy atom. The van der Waals surface area contributed by atoms with Gasteiger partial charge in [-0.15, -0.1) is 0 Å². The molecule has 0 bridgehead atoms. The molecular formula is C40H65+. The van der Waals surface area contributed by atoms with E-state index in [4.69, 9.17) is 0 Å². The van der Waals surface area contributed by atoms with E-state index < -0.39 is 0 Å². The van der Waals surface area contributed by atoms with Crippen molar-refractivity contribution >= 4 is 0 Å². The molecule has 40 heavy (non-hydrogen) atoms. The van der Waals surface area contributed by atoms with E-state index in [2.05, 4.69) is 93.4 Å². The van der Waals surface area contributed by atoms with E-state index in [9.17, 15) is 0 Å². The van der Waals surface area contributed by atoms with Crippen molar-refractivity contribution in [2.24, 2.45) is 29.1 Å². The molecule has 4 aliphatic rings. The second kappa shape index (κ2) is 16.7. The Kier molecular flexibility index (Phi) is 14.4. The largest absolute Gasteiger partial charge is 0.0999 e. The minimum absolute atomic E-state index is 0.437. The van der Waals surface area contributed by atoms with Gasteiger partial charge in [0.1, 0.15) is 0 Å². The van der Waals surface area contributed by atoms with Crippen molar-refractivity contribution < 1.29 is 0 Å². The molecule has 0 saturated heterocycles. The summed E-state index contributed by atoms with van der Waals surface area (Å²) in [5.41, 5.74) is 9.34. The summed E-state index contributed by atoms with van der Waals surface area (Å²) in [7, 11) is 0. The third kappa shape index (κ3) is 12.0. The Morgan fingerprint density at radius 3 is 1.52 bits per heavy atom. The highest BCUT2D eigenvalue weighted by Gasteiger charge is 2.30. The number of rotatable bonds is 5. The van der Waals surface area contributed by atoms with Crippen molar-refractivity contribution in [1.29, 1.82) is 0 Å². The molecule has 224 valence electrons. The van der Waals surface area contributed by atoms with Crippen molar-refractivity contribution in [1.82, 2.24) is 0 Å². The molecule has 0 aromatic rings. The zero-order valence-electron chi connectivity index (χ0n) is 28.1. The maximum absolute atomic E-state index is 4.15. The van der Waals surface area contributed by atoms with E-state index in [-0.39, 0.29) is 0 Å². The van der Waals surface area contributed by atoms with E-state index in [1.54, 1.807) is 22.6 Å². The van der Waals surface area contributed by atoms with Crippen LogP contribution in [0.15, 0.2) is 71.4 Å². The predicted octanol–water partition coefficient (Wildman–Crippen LogP) is 13.1. The lowest BCUT2D eigenvalue weighted by Crippen LogP contribution is -2.24. The molecule has 0 aromatic heterocycles. The smallest absolute Gasteiger partial charge is 0.0902 e. The van der Waals surface area contributed by atoms with Crippen LogP contribution in [-0.2, 0) is 0 Å². The first kappa shape index (κ1) is 34.5. The monoisotopic (exact) mass is 546 g/mol. The van der Waals surface area contributed by atoms with Crippen LogP contribution in [0, 0.1) is 35.0 Å². The molecule has 2 atom stereocenters. The van der Waals surface area contributed by atoms with E-state index in [0.29, 0.717) is 5.41 Å². The molecule has 0 heterocycles. The van der Waals surface area contributed by atoms with Crippen LogP contribution < -0.4 is 0 Å². The quantitative estimate of drug-likeness (QED) is 0.238. The Bertz CT molecular complexity index is 917. The molecule has 0 nitrogen and oxygen atoms in total. The molecule has 0 radical (unpaired) electrons. The molecule has 4 rings (SSSR count). The fourth-order valence-corrected chi connectivity index (χ4v) is 6.98. The van der Waals surface area contributed by atoms with Crippen LogP contribution in [-0.4, -0.2) is 0 Å². The maximum Gasteiger partial charge on any atom is 0.0902 e. The zero-order valence-corrected chi connectivity index (χ0v) is 28.1. The molecule has 0 aromatic carbocycles. The highest BCUT2D eigenvalue weighted by Crippen LogP contribution is 2.43. The normalized spacial score (nSPS) is 29.6. The van der Waals surface area contributed by atoms with Gasteiger partial charge in [0.25, 0.3) is 0 Å². The number of allylic oxidation sites excluding steroid dienone is 9. The Labute approximate surface area is 251 Å². The number of hydrogen-bond donors (Lipinski definition) is 0. The van der Waals surface area contributed by atoms with Gasteiger partial charge in [-0.2, -0.15) is 0 Å². The van der Waals surface area contributed by atoms with Crippen LogP contribution in [0.1, 0.15) is 145 Å². The third-order valence-electron chi connectivity index (χ3n) is 10.6. The minimum Gasteiger partial charge on any atom is -0.0999 e. The average Bonchev–Trinajstić information content (AvgIpc) is 2.90. The molecular weight excluding hydrogens is 480 g/mol. The molecule has 0 amide bonds. The van der Waals surface area contributed by atoms with Gasteiger partial charge in [0.2, 0.25) is 0 Å². The summed E-state index contributed by atoms with van der Waals surface area (Å²) in [6.07, 6.45) is 25.9. The predicted molar refractivity (Wildman–Crippen MR) is 181 cm³/mol. The minimum atomic E-state index is 0.437. The molecule has 2 saturated carbocycles. The van der Waals surface area contributed by atoms with Crippen molar-refractivity contribution in [2.75, 3.05) is 0 Å². The molecule has 0 spiro atoms. The first-order valence-electron chi connectivity index (χ1n) is 16.6.